The Hall–Kier alpha value is -1.22. The summed E-state index contributed by atoms with van der Waals surface area (Å²) in [6.45, 7) is 3.24. The van der Waals surface area contributed by atoms with Crippen LogP contribution in [0.2, 0.25) is 10.0 Å². The maximum atomic E-state index is 6.16. The predicted molar refractivity (Wildman–Crippen MR) is 84.7 cm³/mol. The molecule has 0 amide bonds. The van der Waals surface area contributed by atoms with Gasteiger partial charge in [0.05, 0.1) is 0 Å². The zero-order valence-corrected chi connectivity index (χ0v) is 13.1. The second kappa shape index (κ2) is 6.98. The van der Waals surface area contributed by atoms with Crippen molar-refractivity contribution in [2.24, 2.45) is 0 Å². The molecule has 0 saturated heterocycles. The number of hydrogen-bond donors (Lipinski definition) is 1. The normalized spacial score (nSPS) is 10.6. The summed E-state index contributed by atoms with van der Waals surface area (Å²) >= 11 is 12.1. The molecule has 2 aromatic carbocycles. The van der Waals surface area contributed by atoms with Crippen LogP contribution in [-0.4, -0.2) is 7.05 Å². The SMILES string of the molecule is CNCc1cccc(C)c1OCc1ccc(Cl)cc1Cl. The lowest BCUT2D eigenvalue weighted by molar-refractivity contribution is 0.300. The lowest BCUT2D eigenvalue weighted by Crippen LogP contribution is -2.08. The molecule has 106 valence electrons. The highest BCUT2D eigenvalue weighted by Gasteiger charge is 2.08. The third-order valence-electron chi connectivity index (χ3n) is 3.05. The second-order valence-electron chi connectivity index (χ2n) is 4.62. The quantitative estimate of drug-likeness (QED) is 0.871. The van der Waals surface area contributed by atoms with Gasteiger partial charge in [-0.1, -0.05) is 47.5 Å². The Labute approximate surface area is 129 Å². The zero-order valence-electron chi connectivity index (χ0n) is 11.5. The van der Waals surface area contributed by atoms with E-state index in [1.165, 1.54) is 0 Å². The van der Waals surface area contributed by atoms with Crippen molar-refractivity contribution < 1.29 is 4.74 Å². The Morgan fingerprint density at radius 1 is 1.10 bits per heavy atom. The summed E-state index contributed by atoms with van der Waals surface area (Å²) in [5, 5.41) is 4.40. The Morgan fingerprint density at radius 3 is 2.60 bits per heavy atom. The molecule has 0 aliphatic carbocycles. The van der Waals surface area contributed by atoms with Gasteiger partial charge in [0.2, 0.25) is 0 Å². The lowest BCUT2D eigenvalue weighted by Gasteiger charge is -2.14. The van der Waals surface area contributed by atoms with Crippen LogP contribution in [0.15, 0.2) is 36.4 Å². The first-order valence-corrected chi connectivity index (χ1v) is 7.17. The molecule has 0 atom stereocenters. The van der Waals surface area contributed by atoms with Gasteiger partial charge < -0.3 is 10.1 Å². The van der Waals surface area contributed by atoms with Crippen LogP contribution in [0.3, 0.4) is 0 Å². The summed E-state index contributed by atoms with van der Waals surface area (Å²) in [7, 11) is 1.92. The monoisotopic (exact) mass is 309 g/mol. The third-order valence-corrected chi connectivity index (χ3v) is 3.63. The first kappa shape index (κ1) is 15.2. The van der Waals surface area contributed by atoms with Gasteiger partial charge in [0.15, 0.2) is 0 Å². The van der Waals surface area contributed by atoms with Crippen LogP contribution >= 0.6 is 23.2 Å². The highest BCUT2D eigenvalue weighted by molar-refractivity contribution is 6.35. The van der Waals surface area contributed by atoms with Gasteiger partial charge in [-0.25, -0.2) is 0 Å². The van der Waals surface area contributed by atoms with E-state index >= 15 is 0 Å². The minimum absolute atomic E-state index is 0.428. The molecular formula is C16H17Cl2NO. The number of hydrogen-bond acceptors (Lipinski definition) is 2. The van der Waals surface area contributed by atoms with Gasteiger partial charge in [0.25, 0.3) is 0 Å². The van der Waals surface area contributed by atoms with Gasteiger partial charge in [-0.3, -0.25) is 0 Å². The molecule has 0 heterocycles. The van der Waals surface area contributed by atoms with Gasteiger partial charge in [-0.2, -0.15) is 0 Å². The first-order chi connectivity index (χ1) is 9.61. The van der Waals surface area contributed by atoms with Gasteiger partial charge >= 0.3 is 0 Å². The summed E-state index contributed by atoms with van der Waals surface area (Å²) < 4.78 is 5.96. The summed E-state index contributed by atoms with van der Waals surface area (Å²) in [5.74, 6) is 0.910. The van der Waals surface area contributed by atoms with E-state index in [1.54, 1.807) is 6.07 Å². The van der Waals surface area contributed by atoms with Gasteiger partial charge in [0.1, 0.15) is 12.4 Å². The molecule has 0 aromatic heterocycles. The Bertz CT molecular complexity index is 599. The van der Waals surface area contributed by atoms with Crippen molar-refractivity contribution in [3.63, 3.8) is 0 Å². The highest BCUT2D eigenvalue weighted by atomic mass is 35.5. The minimum atomic E-state index is 0.428. The van der Waals surface area contributed by atoms with E-state index in [9.17, 15) is 0 Å². The molecule has 0 spiro atoms. The van der Waals surface area contributed by atoms with Gasteiger partial charge in [-0.05, 0) is 31.7 Å². The third kappa shape index (κ3) is 3.66. The number of benzene rings is 2. The van der Waals surface area contributed by atoms with E-state index in [4.69, 9.17) is 27.9 Å². The number of ether oxygens (including phenoxy) is 1. The van der Waals surface area contributed by atoms with Crippen LogP contribution < -0.4 is 10.1 Å². The summed E-state index contributed by atoms with van der Waals surface area (Å²) in [4.78, 5) is 0. The Balaban J connectivity index is 2.18. The molecule has 0 fully saturated rings. The Kier molecular flexibility index (Phi) is 5.30. The average molecular weight is 310 g/mol. The van der Waals surface area contributed by atoms with Crippen molar-refractivity contribution in [1.29, 1.82) is 0 Å². The molecule has 4 heteroatoms. The number of halogens is 2. The molecule has 0 bridgehead atoms. The molecule has 0 unspecified atom stereocenters. The van der Waals surface area contributed by atoms with Crippen LogP contribution in [0.25, 0.3) is 0 Å². The number of para-hydroxylation sites is 1. The second-order valence-corrected chi connectivity index (χ2v) is 5.46. The smallest absolute Gasteiger partial charge is 0.127 e. The maximum Gasteiger partial charge on any atom is 0.127 e. The van der Waals surface area contributed by atoms with Crippen LogP contribution in [0.5, 0.6) is 5.75 Å². The molecule has 1 N–H and O–H groups in total. The number of aryl methyl sites for hydroxylation is 1. The van der Waals surface area contributed by atoms with Crippen LogP contribution in [0.4, 0.5) is 0 Å². The summed E-state index contributed by atoms with van der Waals surface area (Å²) in [5.41, 5.74) is 3.18. The number of nitrogens with one attached hydrogen (secondary N) is 1. The molecule has 0 aliphatic rings. The maximum absolute atomic E-state index is 6.16. The topological polar surface area (TPSA) is 21.3 Å². The van der Waals surface area contributed by atoms with Gasteiger partial charge in [0, 0.05) is 27.7 Å². The highest BCUT2D eigenvalue weighted by Crippen LogP contribution is 2.27. The van der Waals surface area contributed by atoms with Crippen molar-refractivity contribution in [3.8, 4) is 5.75 Å². The molecular weight excluding hydrogens is 293 g/mol. The first-order valence-electron chi connectivity index (χ1n) is 6.41. The number of rotatable bonds is 5. The molecule has 0 radical (unpaired) electrons. The average Bonchev–Trinajstić information content (AvgIpc) is 2.40. The molecule has 0 aliphatic heterocycles. The largest absolute Gasteiger partial charge is 0.488 e. The fourth-order valence-electron chi connectivity index (χ4n) is 2.04. The van der Waals surface area contributed by atoms with E-state index in [2.05, 4.69) is 11.4 Å². The van der Waals surface area contributed by atoms with Crippen molar-refractivity contribution in [3.05, 3.63) is 63.1 Å². The van der Waals surface area contributed by atoms with E-state index in [-0.39, 0.29) is 0 Å². The summed E-state index contributed by atoms with van der Waals surface area (Å²) in [6, 6.07) is 11.6. The van der Waals surface area contributed by atoms with Crippen LogP contribution in [0.1, 0.15) is 16.7 Å². The van der Waals surface area contributed by atoms with Crippen LogP contribution in [-0.2, 0) is 13.2 Å². The van der Waals surface area contributed by atoms with E-state index in [0.29, 0.717) is 16.7 Å². The zero-order chi connectivity index (χ0) is 14.5. The van der Waals surface area contributed by atoms with Crippen molar-refractivity contribution in [1.82, 2.24) is 5.32 Å². The van der Waals surface area contributed by atoms with Crippen molar-refractivity contribution in [2.75, 3.05) is 7.05 Å². The predicted octanol–water partition coefficient (Wildman–Crippen LogP) is 4.60. The molecule has 20 heavy (non-hydrogen) atoms. The molecule has 2 rings (SSSR count). The van der Waals surface area contributed by atoms with Crippen LogP contribution in [0, 0.1) is 6.92 Å². The van der Waals surface area contributed by atoms with Crippen molar-refractivity contribution >= 4 is 23.2 Å². The Morgan fingerprint density at radius 2 is 1.90 bits per heavy atom. The van der Waals surface area contributed by atoms with E-state index in [0.717, 1.165) is 29.0 Å². The van der Waals surface area contributed by atoms with E-state index in [1.807, 2.05) is 38.2 Å². The van der Waals surface area contributed by atoms with E-state index < -0.39 is 0 Å². The fourth-order valence-corrected chi connectivity index (χ4v) is 2.50. The van der Waals surface area contributed by atoms with Crippen molar-refractivity contribution in [2.45, 2.75) is 20.1 Å². The summed E-state index contributed by atoms with van der Waals surface area (Å²) in [6.07, 6.45) is 0. The standard InChI is InChI=1S/C16H17Cl2NO/c1-11-4-3-5-12(9-19-2)16(11)20-10-13-6-7-14(17)8-15(13)18/h3-8,19H,9-10H2,1-2H3. The molecule has 2 aromatic rings. The van der Waals surface area contributed by atoms with Gasteiger partial charge in [-0.15, -0.1) is 0 Å². The molecule has 2 nitrogen and oxygen atoms in total. The fraction of sp³-hybridized carbons (Fsp3) is 0.250. The molecule has 0 saturated carbocycles. The lowest BCUT2D eigenvalue weighted by atomic mass is 10.1. The minimum Gasteiger partial charge on any atom is -0.488 e.